The number of carbonyl (C=O) groups excluding carboxylic acids is 1. The van der Waals surface area contributed by atoms with Gasteiger partial charge >= 0.3 is 0 Å². The molecule has 0 bridgehead atoms. The lowest BCUT2D eigenvalue weighted by atomic mass is 9.97. The molecular weight excluding hydrogens is 344 g/mol. The fourth-order valence-electron chi connectivity index (χ4n) is 2.89. The first-order valence-electron chi connectivity index (χ1n) is 8.60. The van der Waals surface area contributed by atoms with Crippen LogP contribution >= 0.6 is 0 Å². The van der Waals surface area contributed by atoms with Crippen LogP contribution in [0.2, 0.25) is 0 Å². The summed E-state index contributed by atoms with van der Waals surface area (Å²) in [6.45, 7) is 8.62. The second kappa shape index (κ2) is 6.75. The molecule has 1 aliphatic rings. The van der Waals surface area contributed by atoms with E-state index in [1.807, 2.05) is 20.8 Å². The van der Waals surface area contributed by atoms with E-state index in [0.717, 1.165) is 0 Å². The van der Waals surface area contributed by atoms with Crippen molar-refractivity contribution in [2.24, 2.45) is 0 Å². The van der Waals surface area contributed by atoms with Crippen LogP contribution in [0.25, 0.3) is 0 Å². The second-order valence-corrected chi connectivity index (χ2v) is 11.0. The van der Waals surface area contributed by atoms with Gasteiger partial charge in [0.1, 0.15) is 4.75 Å². The number of Topliss-reactive ketones (excluding diaryl/α,β-unsaturated/α-hetero) is 1. The minimum absolute atomic E-state index is 0.169. The van der Waals surface area contributed by atoms with Crippen molar-refractivity contribution >= 4 is 15.6 Å². The monoisotopic (exact) mass is 372 g/mol. The highest BCUT2D eigenvalue weighted by atomic mass is 32.2. The molecule has 0 radical (unpaired) electrons. The van der Waals surface area contributed by atoms with Crippen molar-refractivity contribution in [2.45, 2.75) is 88.4 Å². The average molecular weight is 372 g/mol. The summed E-state index contributed by atoms with van der Waals surface area (Å²) in [5, 5.41) is 21.0. The Morgan fingerprint density at radius 1 is 1.16 bits per heavy atom. The maximum absolute atomic E-state index is 12.9. The zero-order valence-corrected chi connectivity index (χ0v) is 16.4. The Labute approximate surface area is 148 Å². The number of aliphatic hydroxyl groups is 1. The first-order chi connectivity index (χ1) is 11.4. The molecule has 1 saturated carbocycles. The van der Waals surface area contributed by atoms with E-state index in [4.69, 9.17) is 0 Å². The molecule has 0 aromatic carbocycles. The Morgan fingerprint density at radius 2 is 1.72 bits per heavy atom. The molecule has 0 atom stereocenters. The highest BCUT2D eigenvalue weighted by molar-refractivity contribution is 7.94. The maximum atomic E-state index is 12.9. The van der Waals surface area contributed by atoms with Crippen molar-refractivity contribution in [3.05, 3.63) is 5.82 Å². The molecule has 2 rings (SSSR count). The van der Waals surface area contributed by atoms with Crippen LogP contribution in [0, 0.1) is 0 Å². The normalized spacial score (nSPS) is 22.8. The Bertz CT molecular complexity index is 726. The number of hydrogen-bond donors (Lipinski definition) is 1. The molecule has 1 heterocycles. The molecule has 1 aromatic heterocycles. The lowest BCUT2D eigenvalue weighted by Crippen LogP contribution is -2.48. The maximum Gasteiger partial charge on any atom is 0.182 e. The van der Waals surface area contributed by atoms with Gasteiger partial charge in [0.2, 0.25) is 0 Å². The molecule has 1 fully saturated rings. The number of carbonyl (C=O) groups is 1. The molecule has 1 aliphatic carbocycles. The summed E-state index contributed by atoms with van der Waals surface area (Å²) < 4.78 is 24.4. The Hall–Kier alpha value is -1.35. The van der Waals surface area contributed by atoms with Gasteiger partial charge in [-0.2, -0.15) is 4.80 Å². The van der Waals surface area contributed by atoms with E-state index < -0.39 is 31.7 Å². The molecule has 0 spiro atoms. The zero-order chi connectivity index (χ0) is 19.0. The van der Waals surface area contributed by atoms with Gasteiger partial charge < -0.3 is 5.11 Å². The predicted octanol–water partition coefficient (Wildman–Crippen LogP) is 1.04. The first-order valence-corrected chi connectivity index (χ1v) is 10.1. The number of nitrogens with zero attached hydrogens (tertiary/aromatic N) is 4. The third-order valence-corrected chi connectivity index (χ3v) is 7.84. The summed E-state index contributed by atoms with van der Waals surface area (Å²) in [5.41, 5.74) is -0.362. The zero-order valence-electron chi connectivity index (χ0n) is 15.6. The van der Waals surface area contributed by atoms with Crippen LogP contribution in [0.3, 0.4) is 0 Å². The fourth-order valence-corrected chi connectivity index (χ4v) is 5.00. The van der Waals surface area contributed by atoms with Crippen LogP contribution in [0.5, 0.6) is 0 Å². The number of tetrazole rings is 1. The van der Waals surface area contributed by atoms with Gasteiger partial charge in [-0.05, 0) is 65.5 Å². The molecular formula is C16H28N4O4S. The molecule has 9 heteroatoms. The number of aromatic nitrogens is 4. The van der Waals surface area contributed by atoms with E-state index >= 15 is 0 Å². The van der Waals surface area contributed by atoms with Gasteiger partial charge in [0.15, 0.2) is 21.4 Å². The van der Waals surface area contributed by atoms with E-state index in [-0.39, 0.29) is 17.8 Å². The lowest BCUT2D eigenvalue weighted by molar-refractivity contribution is -0.120. The van der Waals surface area contributed by atoms with Crippen LogP contribution < -0.4 is 0 Å². The molecule has 25 heavy (non-hydrogen) atoms. The van der Waals surface area contributed by atoms with Gasteiger partial charge in [-0.25, -0.2) is 8.42 Å². The lowest BCUT2D eigenvalue weighted by Gasteiger charge is -2.32. The van der Waals surface area contributed by atoms with Crippen LogP contribution in [-0.2, 0) is 26.6 Å². The van der Waals surface area contributed by atoms with Crippen LogP contribution in [0.15, 0.2) is 0 Å². The molecule has 142 valence electrons. The number of hydrogen-bond acceptors (Lipinski definition) is 7. The molecule has 8 nitrogen and oxygen atoms in total. The predicted molar refractivity (Wildman–Crippen MR) is 92.8 cm³/mol. The van der Waals surface area contributed by atoms with Crippen LogP contribution in [-0.4, -0.2) is 55.6 Å². The van der Waals surface area contributed by atoms with E-state index in [2.05, 4.69) is 15.4 Å². The van der Waals surface area contributed by atoms with Crippen molar-refractivity contribution in [1.82, 2.24) is 20.2 Å². The number of rotatable bonds is 5. The van der Waals surface area contributed by atoms with Gasteiger partial charge in [0.05, 0.1) is 23.3 Å². The summed E-state index contributed by atoms with van der Waals surface area (Å²) in [6, 6.07) is 0. The van der Waals surface area contributed by atoms with E-state index in [1.54, 1.807) is 0 Å². The molecule has 1 aromatic rings. The Kier molecular flexibility index (Phi) is 5.39. The summed E-state index contributed by atoms with van der Waals surface area (Å²) in [4.78, 5) is 14.1. The third kappa shape index (κ3) is 4.08. The fraction of sp³-hybridized carbons (Fsp3) is 0.875. The quantitative estimate of drug-likeness (QED) is 0.821. The minimum atomic E-state index is -3.67. The SMILES string of the molecule is CC(C)(C)n1nnc(CC(=O)C(C)(C)S(=O)(=O)C2CCC(O)CC2)n1. The smallest absolute Gasteiger partial charge is 0.182 e. The summed E-state index contributed by atoms with van der Waals surface area (Å²) in [6.07, 6.45) is 1.07. The van der Waals surface area contributed by atoms with E-state index in [9.17, 15) is 18.3 Å². The Balaban J connectivity index is 2.15. The van der Waals surface area contributed by atoms with Gasteiger partial charge in [0.25, 0.3) is 0 Å². The molecule has 1 N–H and O–H groups in total. The summed E-state index contributed by atoms with van der Waals surface area (Å²) in [7, 11) is -3.67. The van der Waals surface area contributed by atoms with Crippen molar-refractivity contribution in [1.29, 1.82) is 0 Å². The Morgan fingerprint density at radius 3 is 2.20 bits per heavy atom. The van der Waals surface area contributed by atoms with Crippen LogP contribution in [0.4, 0.5) is 0 Å². The molecule has 0 saturated heterocycles. The molecule has 0 unspecified atom stereocenters. The minimum Gasteiger partial charge on any atom is -0.393 e. The van der Waals surface area contributed by atoms with Gasteiger partial charge in [-0.3, -0.25) is 4.79 Å². The highest BCUT2D eigenvalue weighted by Gasteiger charge is 2.46. The summed E-state index contributed by atoms with van der Waals surface area (Å²) >= 11 is 0. The van der Waals surface area contributed by atoms with Crippen molar-refractivity contribution < 1.29 is 18.3 Å². The largest absolute Gasteiger partial charge is 0.393 e. The third-order valence-electron chi connectivity index (χ3n) is 4.84. The molecule has 0 amide bonds. The van der Waals surface area contributed by atoms with Gasteiger partial charge in [-0.15, -0.1) is 10.2 Å². The van der Waals surface area contributed by atoms with Crippen molar-refractivity contribution in [2.75, 3.05) is 0 Å². The average Bonchev–Trinajstić information content (AvgIpc) is 2.96. The standard InChI is InChI=1S/C16H28N4O4S/c1-15(2,3)20-18-14(17-19-20)10-13(22)16(4,5)25(23,24)12-8-6-11(21)7-9-12/h11-12,21H,6-10H2,1-5H3. The number of sulfone groups is 1. The van der Waals surface area contributed by atoms with E-state index in [1.165, 1.54) is 18.6 Å². The van der Waals surface area contributed by atoms with Crippen molar-refractivity contribution in [3.8, 4) is 0 Å². The second-order valence-electron chi connectivity index (χ2n) is 8.25. The van der Waals surface area contributed by atoms with Crippen LogP contribution in [0.1, 0.15) is 66.1 Å². The van der Waals surface area contributed by atoms with E-state index in [0.29, 0.717) is 25.7 Å². The summed E-state index contributed by atoms with van der Waals surface area (Å²) in [5.74, 6) is -0.214. The van der Waals surface area contributed by atoms with Gasteiger partial charge in [0, 0.05) is 0 Å². The van der Waals surface area contributed by atoms with Crippen molar-refractivity contribution in [3.63, 3.8) is 0 Å². The molecule has 0 aliphatic heterocycles. The first kappa shape index (κ1) is 20.0. The highest BCUT2D eigenvalue weighted by Crippen LogP contribution is 2.32. The van der Waals surface area contributed by atoms with Gasteiger partial charge in [-0.1, -0.05) is 0 Å². The number of ketones is 1. The topological polar surface area (TPSA) is 115 Å². The number of aliphatic hydroxyl groups excluding tert-OH is 1.